The Balaban J connectivity index is 2.24. The van der Waals surface area contributed by atoms with Crippen molar-refractivity contribution in [1.82, 2.24) is 5.32 Å². The Morgan fingerprint density at radius 2 is 2.18 bits per heavy atom. The molecule has 1 heterocycles. The third-order valence-corrected chi connectivity index (χ3v) is 3.43. The van der Waals surface area contributed by atoms with E-state index < -0.39 is 0 Å². The first-order valence-electron chi connectivity index (χ1n) is 6.75. The van der Waals surface area contributed by atoms with E-state index in [0.29, 0.717) is 12.1 Å². The van der Waals surface area contributed by atoms with Crippen molar-refractivity contribution in [2.75, 3.05) is 6.54 Å². The molecule has 2 heteroatoms. The van der Waals surface area contributed by atoms with Crippen LogP contribution in [0.5, 0.6) is 5.75 Å². The number of fused-ring (bicyclic) bond motifs is 1. The Morgan fingerprint density at radius 3 is 2.88 bits per heavy atom. The minimum absolute atomic E-state index is 0.361. The van der Waals surface area contributed by atoms with Gasteiger partial charge in [-0.25, -0.2) is 0 Å². The summed E-state index contributed by atoms with van der Waals surface area (Å²) in [4.78, 5) is 0. The van der Waals surface area contributed by atoms with E-state index in [2.05, 4.69) is 44.3 Å². The van der Waals surface area contributed by atoms with Crippen LogP contribution in [0, 0.1) is 6.92 Å². The van der Waals surface area contributed by atoms with E-state index in [4.69, 9.17) is 4.74 Å². The molecule has 2 unspecified atom stereocenters. The molecule has 2 atom stereocenters. The fraction of sp³-hybridized carbons (Fsp3) is 0.600. The van der Waals surface area contributed by atoms with Gasteiger partial charge in [0.05, 0.1) is 0 Å². The zero-order chi connectivity index (χ0) is 12.3. The van der Waals surface area contributed by atoms with E-state index in [-0.39, 0.29) is 0 Å². The van der Waals surface area contributed by atoms with Gasteiger partial charge >= 0.3 is 0 Å². The molecule has 1 aromatic carbocycles. The number of hydrogen-bond donors (Lipinski definition) is 1. The molecule has 1 aliphatic heterocycles. The molecule has 0 saturated heterocycles. The summed E-state index contributed by atoms with van der Waals surface area (Å²) in [6, 6.07) is 6.97. The Hall–Kier alpha value is -1.02. The summed E-state index contributed by atoms with van der Waals surface area (Å²) in [5.41, 5.74) is 2.65. The van der Waals surface area contributed by atoms with E-state index in [1.165, 1.54) is 17.5 Å². The molecule has 0 bridgehead atoms. The molecule has 1 N–H and O–H groups in total. The third kappa shape index (κ3) is 2.81. The highest BCUT2D eigenvalue weighted by atomic mass is 16.5. The van der Waals surface area contributed by atoms with Gasteiger partial charge in [-0.05, 0) is 32.4 Å². The molecular formula is C15H23NO. The third-order valence-electron chi connectivity index (χ3n) is 3.43. The van der Waals surface area contributed by atoms with Gasteiger partial charge in [-0.1, -0.05) is 31.5 Å². The number of aryl methyl sites for hydroxylation is 1. The molecule has 0 spiro atoms. The molecular weight excluding hydrogens is 210 g/mol. The lowest BCUT2D eigenvalue weighted by Gasteiger charge is -2.32. The SMILES string of the molecule is CCCNC1CC(CC)Oc2ccc(C)cc21. The maximum atomic E-state index is 6.01. The van der Waals surface area contributed by atoms with Gasteiger partial charge in [-0.2, -0.15) is 0 Å². The normalized spacial score (nSPS) is 23.0. The smallest absolute Gasteiger partial charge is 0.124 e. The van der Waals surface area contributed by atoms with Gasteiger partial charge in [-0.15, -0.1) is 0 Å². The lowest BCUT2D eigenvalue weighted by atomic mass is 9.94. The molecule has 17 heavy (non-hydrogen) atoms. The standard InChI is InChI=1S/C15H23NO/c1-4-8-16-14-10-12(5-2)17-15-7-6-11(3)9-13(14)15/h6-7,9,12,14,16H,4-5,8,10H2,1-3H3. The van der Waals surface area contributed by atoms with Crippen molar-refractivity contribution in [3.63, 3.8) is 0 Å². The fourth-order valence-electron chi connectivity index (χ4n) is 2.43. The van der Waals surface area contributed by atoms with E-state index in [1.807, 2.05) is 0 Å². The molecule has 2 nitrogen and oxygen atoms in total. The summed E-state index contributed by atoms with van der Waals surface area (Å²) in [6.45, 7) is 7.62. The number of nitrogens with one attached hydrogen (secondary N) is 1. The molecule has 2 rings (SSSR count). The Kier molecular flexibility index (Phi) is 4.06. The number of rotatable bonds is 4. The van der Waals surface area contributed by atoms with Crippen LogP contribution in [0.2, 0.25) is 0 Å². The molecule has 0 fully saturated rings. The predicted molar refractivity (Wildman–Crippen MR) is 71.5 cm³/mol. The average molecular weight is 233 g/mol. The van der Waals surface area contributed by atoms with Crippen molar-refractivity contribution in [2.45, 2.75) is 52.2 Å². The second kappa shape index (κ2) is 5.54. The van der Waals surface area contributed by atoms with E-state index in [9.17, 15) is 0 Å². The van der Waals surface area contributed by atoms with Crippen LogP contribution in [0.3, 0.4) is 0 Å². The zero-order valence-corrected chi connectivity index (χ0v) is 11.1. The first-order chi connectivity index (χ1) is 8.24. The quantitative estimate of drug-likeness (QED) is 0.858. The zero-order valence-electron chi connectivity index (χ0n) is 11.1. The largest absolute Gasteiger partial charge is 0.490 e. The van der Waals surface area contributed by atoms with Crippen molar-refractivity contribution < 1.29 is 4.74 Å². The first kappa shape index (κ1) is 12.4. The highest BCUT2D eigenvalue weighted by Crippen LogP contribution is 2.36. The van der Waals surface area contributed by atoms with Crippen LogP contribution in [0.1, 0.15) is 50.3 Å². The first-order valence-corrected chi connectivity index (χ1v) is 6.75. The van der Waals surface area contributed by atoms with E-state index in [1.54, 1.807) is 0 Å². The molecule has 0 aliphatic carbocycles. The summed E-state index contributed by atoms with van der Waals surface area (Å²) in [6.07, 6.45) is 3.71. The summed E-state index contributed by atoms with van der Waals surface area (Å²) in [5.74, 6) is 1.07. The topological polar surface area (TPSA) is 21.3 Å². The molecule has 0 saturated carbocycles. The summed E-state index contributed by atoms with van der Waals surface area (Å²) < 4.78 is 6.01. The van der Waals surface area contributed by atoms with Crippen molar-refractivity contribution in [3.05, 3.63) is 29.3 Å². The second-order valence-corrected chi connectivity index (χ2v) is 4.93. The van der Waals surface area contributed by atoms with Crippen LogP contribution in [0.25, 0.3) is 0 Å². The number of ether oxygens (including phenoxy) is 1. The van der Waals surface area contributed by atoms with Crippen LogP contribution >= 0.6 is 0 Å². The van der Waals surface area contributed by atoms with Crippen molar-refractivity contribution in [1.29, 1.82) is 0 Å². The molecule has 0 radical (unpaired) electrons. The highest BCUT2D eigenvalue weighted by Gasteiger charge is 2.26. The summed E-state index contributed by atoms with van der Waals surface area (Å²) in [7, 11) is 0. The minimum Gasteiger partial charge on any atom is -0.490 e. The predicted octanol–water partition coefficient (Wildman–Crippen LogP) is 3.60. The monoisotopic (exact) mass is 233 g/mol. The van der Waals surface area contributed by atoms with Gasteiger partial charge in [-0.3, -0.25) is 0 Å². The Labute approximate surface area is 104 Å². The molecule has 94 valence electrons. The minimum atomic E-state index is 0.361. The van der Waals surface area contributed by atoms with Crippen LogP contribution in [-0.2, 0) is 0 Å². The van der Waals surface area contributed by atoms with E-state index in [0.717, 1.165) is 25.1 Å². The van der Waals surface area contributed by atoms with Crippen LogP contribution < -0.4 is 10.1 Å². The summed E-state index contributed by atoms with van der Waals surface area (Å²) in [5, 5.41) is 3.64. The van der Waals surface area contributed by atoms with Gasteiger partial charge < -0.3 is 10.1 Å². The highest BCUT2D eigenvalue weighted by molar-refractivity contribution is 5.40. The molecule has 0 aromatic heterocycles. The van der Waals surface area contributed by atoms with Crippen molar-refractivity contribution in [2.24, 2.45) is 0 Å². The van der Waals surface area contributed by atoms with Gasteiger partial charge in [0.2, 0.25) is 0 Å². The number of benzene rings is 1. The average Bonchev–Trinajstić information content (AvgIpc) is 2.35. The van der Waals surface area contributed by atoms with Crippen LogP contribution in [-0.4, -0.2) is 12.6 Å². The maximum Gasteiger partial charge on any atom is 0.124 e. The molecule has 0 amide bonds. The van der Waals surface area contributed by atoms with Crippen molar-refractivity contribution >= 4 is 0 Å². The maximum absolute atomic E-state index is 6.01. The molecule has 1 aliphatic rings. The molecule has 1 aromatic rings. The number of hydrogen-bond acceptors (Lipinski definition) is 2. The van der Waals surface area contributed by atoms with Crippen LogP contribution in [0.15, 0.2) is 18.2 Å². The summed E-state index contributed by atoms with van der Waals surface area (Å²) >= 11 is 0. The Morgan fingerprint density at radius 1 is 1.35 bits per heavy atom. The lowest BCUT2D eigenvalue weighted by molar-refractivity contribution is 0.146. The van der Waals surface area contributed by atoms with E-state index >= 15 is 0 Å². The lowest BCUT2D eigenvalue weighted by Crippen LogP contribution is -2.33. The van der Waals surface area contributed by atoms with Gasteiger partial charge in [0.15, 0.2) is 0 Å². The van der Waals surface area contributed by atoms with Gasteiger partial charge in [0, 0.05) is 18.0 Å². The fourth-order valence-corrected chi connectivity index (χ4v) is 2.43. The Bertz CT molecular complexity index is 375. The second-order valence-electron chi connectivity index (χ2n) is 4.93. The van der Waals surface area contributed by atoms with Gasteiger partial charge in [0.25, 0.3) is 0 Å². The van der Waals surface area contributed by atoms with Crippen LogP contribution in [0.4, 0.5) is 0 Å². The van der Waals surface area contributed by atoms with Gasteiger partial charge in [0.1, 0.15) is 11.9 Å². The van der Waals surface area contributed by atoms with Crippen molar-refractivity contribution in [3.8, 4) is 5.75 Å².